The van der Waals surface area contributed by atoms with Crippen molar-refractivity contribution in [2.24, 2.45) is 17.8 Å². The zero-order chi connectivity index (χ0) is 18.7. The lowest BCUT2D eigenvalue weighted by molar-refractivity contribution is -0.121. The van der Waals surface area contributed by atoms with Gasteiger partial charge < -0.3 is 21.3 Å². The van der Waals surface area contributed by atoms with Crippen molar-refractivity contribution in [1.29, 1.82) is 0 Å². The highest BCUT2D eigenvalue weighted by Gasteiger charge is 2.51. The van der Waals surface area contributed by atoms with E-state index in [-0.39, 0.29) is 29.9 Å². The number of urea groups is 1. The molecule has 4 N–H and O–H groups in total. The molecule has 3 amide bonds. The molecule has 8 heteroatoms. The number of carbonyl (C=O) groups is 2. The number of nitrogens with one attached hydrogen (secondary N) is 4. The number of amides is 3. The first-order valence-electron chi connectivity index (χ1n) is 10.9. The lowest BCUT2D eigenvalue weighted by atomic mass is 9.53. The molecule has 0 radical (unpaired) electrons. The van der Waals surface area contributed by atoms with Gasteiger partial charge in [-0.1, -0.05) is 0 Å². The molecular formula is C20H36ClN5O2. The molecular weight excluding hydrogens is 378 g/mol. The third kappa shape index (κ3) is 5.51. The molecule has 4 aliphatic carbocycles. The summed E-state index contributed by atoms with van der Waals surface area (Å²) in [4.78, 5) is 26.7. The van der Waals surface area contributed by atoms with Crippen LogP contribution >= 0.6 is 12.4 Å². The van der Waals surface area contributed by atoms with Gasteiger partial charge in [-0.05, 0) is 56.3 Å². The fraction of sp³-hybridized carbons (Fsp3) is 0.900. The minimum atomic E-state index is -0.0921. The summed E-state index contributed by atoms with van der Waals surface area (Å²) in [5, 5.41) is 12.5. The normalized spacial score (nSPS) is 33.8. The molecule has 0 aromatic carbocycles. The quantitative estimate of drug-likeness (QED) is 0.503. The van der Waals surface area contributed by atoms with Crippen molar-refractivity contribution in [2.45, 2.75) is 50.5 Å². The van der Waals surface area contributed by atoms with Crippen molar-refractivity contribution in [3.63, 3.8) is 0 Å². The molecule has 5 fully saturated rings. The molecule has 5 aliphatic rings. The maximum absolute atomic E-state index is 12.4. The van der Waals surface area contributed by atoms with E-state index in [0.29, 0.717) is 19.5 Å². The van der Waals surface area contributed by atoms with E-state index in [0.717, 1.165) is 69.7 Å². The second-order valence-electron chi connectivity index (χ2n) is 9.27. The Bertz CT molecular complexity index is 517. The van der Waals surface area contributed by atoms with Gasteiger partial charge in [-0.15, -0.1) is 12.4 Å². The summed E-state index contributed by atoms with van der Waals surface area (Å²) in [6.45, 7) is 6.11. The van der Waals surface area contributed by atoms with Gasteiger partial charge in [0.1, 0.15) is 0 Å². The highest BCUT2D eigenvalue weighted by Crippen LogP contribution is 2.55. The Morgan fingerprint density at radius 2 is 1.54 bits per heavy atom. The van der Waals surface area contributed by atoms with Crippen molar-refractivity contribution >= 4 is 24.3 Å². The molecule has 5 rings (SSSR count). The molecule has 160 valence electrons. The first-order chi connectivity index (χ1) is 13.1. The van der Waals surface area contributed by atoms with Gasteiger partial charge in [0, 0.05) is 57.8 Å². The first kappa shape index (κ1) is 21.7. The molecule has 1 aliphatic heterocycles. The summed E-state index contributed by atoms with van der Waals surface area (Å²) < 4.78 is 0. The lowest BCUT2D eigenvalue weighted by Crippen LogP contribution is -2.61. The van der Waals surface area contributed by atoms with Crippen LogP contribution in [0.1, 0.15) is 44.9 Å². The monoisotopic (exact) mass is 413 g/mol. The summed E-state index contributed by atoms with van der Waals surface area (Å²) in [5.74, 6) is 2.47. The summed E-state index contributed by atoms with van der Waals surface area (Å²) in [6, 6.07) is -0.0921. The molecule has 0 atom stereocenters. The fourth-order valence-electron chi connectivity index (χ4n) is 6.21. The molecule has 0 spiro atoms. The summed E-state index contributed by atoms with van der Waals surface area (Å²) >= 11 is 0. The predicted octanol–water partition coefficient (Wildman–Crippen LogP) is 1.09. The van der Waals surface area contributed by atoms with Crippen LogP contribution in [0.2, 0.25) is 0 Å². The summed E-state index contributed by atoms with van der Waals surface area (Å²) in [5.41, 5.74) is 0.0321. The van der Waals surface area contributed by atoms with Crippen molar-refractivity contribution < 1.29 is 9.59 Å². The topological polar surface area (TPSA) is 85.5 Å². The number of piperazine rings is 1. The van der Waals surface area contributed by atoms with E-state index in [2.05, 4.69) is 26.2 Å². The van der Waals surface area contributed by atoms with E-state index < -0.39 is 0 Å². The third-order valence-electron chi connectivity index (χ3n) is 7.01. The van der Waals surface area contributed by atoms with Crippen LogP contribution in [0.3, 0.4) is 0 Å². The number of hydrogen-bond donors (Lipinski definition) is 4. The Morgan fingerprint density at radius 3 is 2.14 bits per heavy atom. The fourth-order valence-corrected chi connectivity index (χ4v) is 6.21. The van der Waals surface area contributed by atoms with Crippen LogP contribution in [0.15, 0.2) is 0 Å². The van der Waals surface area contributed by atoms with Crippen molar-refractivity contribution in [3.05, 3.63) is 0 Å². The smallest absolute Gasteiger partial charge is 0.315 e. The second-order valence-corrected chi connectivity index (χ2v) is 9.27. The second kappa shape index (κ2) is 9.63. The molecule has 0 unspecified atom stereocenters. The van der Waals surface area contributed by atoms with Crippen LogP contribution in [0.25, 0.3) is 0 Å². The van der Waals surface area contributed by atoms with Crippen LogP contribution in [0.4, 0.5) is 4.79 Å². The average molecular weight is 414 g/mol. The number of hydrogen-bond acceptors (Lipinski definition) is 4. The van der Waals surface area contributed by atoms with E-state index in [1.807, 2.05) is 0 Å². The Kier molecular flexibility index (Phi) is 7.45. The molecule has 1 heterocycles. The van der Waals surface area contributed by atoms with Gasteiger partial charge in [0.25, 0.3) is 0 Å². The van der Waals surface area contributed by atoms with E-state index in [1.54, 1.807) is 0 Å². The Morgan fingerprint density at radius 1 is 0.929 bits per heavy atom. The molecule has 7 nitrogen and oxygen atoms in total. The number of halogens is 1. The zero-order valence-electron chi connectivity index (χ0n) is 16.8. The Balaban J connectivity index is 0.00000225. The molecule has 4 bridgehead atoms. The summed E-state index contributed by atoms with van der Waals surface area (Å²) in [6.07, 6.45) is 7.91. The van der Waals surface area contributed by atoms with E-state index in [4.69, 9.17) is 0 Å². The Labute approximate surface area is 174 Å². The van der Waals surface area contributed by atoms with Gasteiger partial charge in [0.2, 0.25) is 5.91 Å². The van der Waals surface area contributed by atoms with Gasteiger partial charge >= 0.3 is 6.03 Å². The van der Waals surface area contributed by atoms with Crippen LogP contribution in [-0.2, 0) is 4.79 Å². The maximum atomic E-state index is 12.4. The number of rotatable bonds is 7. The average Bonchev–Trinajstić information content (AvgIpc) is 2.61. The maximum Gasteiger partial charge on any atom is 0.315 e. The van der Waals surface area contributed by atoms with Gasteiger partial charge in [-0.3, -0.25) is 9.69 Å². The van der Waals surface area contributed by atoms with Gasteiger partial charge in [-0.25, -0.2) is 4.79 Å². The third-order valence-corrected chi connectivity index (χ3v) is 7.01. The first-order valence-corrected chi connectivity index (χ1v) is 10.9. The highest BCUT2D eigenvalue weighted by molar-refractivity contribution is 5.85. The SMILES string of the molecule is Cl.O=C(CCNC(=O)NC12CC3CC(CC(C3)C1)C2)NCCN1CCNCC1. The van der Waals surface area contributed by atoms with Crippen molar-refractivity contribution in [1.82, 2.24) is 26.2 Å². The lowest BCUT2D eigenvalue weighted by Gasteiger charge is -2.56. The minimum Gasteiger partial charge on any atom is -0.355 e. The Hall–Kier alpha value is -1.05. The number of carbonyl (C=O) groups excluding carboxylic acids is 2. The highest BCUT2D eigenvalue weighted by atomic mass is 35.5. The minimum absolute atomic E-state index is 0. The van der Waals surface area contributed by atoms with Gasteiger partial charge in [0.05, 0.1) is 0 Å². The molecule has 4 saturated carbocycles. The van der Waals surface area contributed by atoms with Gasteiger partial charge in [-0.2, -0.15) is 0 Å². The predicted molar refractivity (Wildman–Crippen MR) is 112 cm³/mol. The summed E-state index contributed by atoms with van der Waals surface area (Å²) in [7, 11) is 0. The van der Waals surface area contributed by atoms with E-state index in [1.165, 1.54) is 19.3 Å². The molecule has 0 aromatic rings. The zero-order valence-corrected chi connectivity index (χ0v) is 17.6. The van der Waals surface area contributed by atoms with Gasteiger partial charge in [0.15, 0.2) is 0 Å². The largest absolute Gasteiger partial charge is 0.355 e. The van der Waals surface area contributed by atoms with Crippen LogP contribution in [-0.4, -0.2) is 68.2 Å². The molecule has 1 saturated heterocycles. The van der Waals surface area contributed by atoms with E-state index in [9.17, 15) is 9.59 Å². The molecule has 0 aromatic heterocycles. The van der Waals surface area contributed by atoms with E-state index >= 15 is 0 Å². The van der Waals surface area contributed by atoms with Crippen molar-refractivity contribution in [2.75, 3.05) is 45.8 Å². The van der Waals surface area contributed by atoms with Crippen molar-refractivity contribution in [3.8, 4) is 0 Å². The number of nitrogens with zero attached hydrogens (tertiary/aromatic N) is 1. The van der Waals surface area contributed by atoms with Crippen LogP contribution in [0, 0.1) is 17.8 Å². The standard InChI is InChI=1S/C20H35N5O2.ClH/c26-18(22-5-8-25-6-3-21-4-7-25)1-2-23-19(27)24-20-12-15-9-16(13-20)11-17(10-15)14-20;/h15-17,21H,1-14H2,(H,22,26)(H2,23,24,27);1H. The molecule has 28 heavy (non-hydrogen) atoms. The van der Waals surface area contributed by atoms with Crippen LogP contribution in [0.5, 0.6) is 0 Å². The van der Waals surface area contributed by atoms with Crippen LogP contribution < -0.4 is 21.3 Å².